The summed E-state index contributed by atoms with van der Waals surface area (Å²) in [5.41, 5.74) is 0.287. The van der Waals surface area contributed by atoms with Gasteiger partial charge in [-0.15, -0.1) is 0 Å². The van der Waals surface area contributed by atoms with E-state index in [0.717, 1.165) is 6.07 Å². The van der Waals surface area contributed by atoms with Crippen LogP contribution in [0.2, 0.25) is 5.02 Å². The second-order valence-electron chi connectivity index (χ2n) is 4.62. The second kappa shape index (κ2) is 5.35. The molecule has 2 aromatic carbocycles. The summed E-state index contributed by atoms with van der Waals surface area (Å²) in [6.45, 7) is 0. The first-order valence-corrected chi connectivity index (χ1v) is 6.63. The standard InChI is InChI=1S/C16H8ClF2NO2/c17-12-3-1-2-9-11(16(21)22)7-14(20-15(9)12)10-5-4-8(18)6-13(10)19/h1-7H,(H,21,22). The van der Waals surface area contributed by atoms with Gasteiger partial charge in [-0.2, -0.15) is 0 Å². The first-order chi connectivity index (χ1) is 10.5. The van der Waals surface area contributed by atoms with Crippen molar-refractivity contribution in [1.29, 1.82) is 0 Å². The van der Waals surface area contributed by atoms with Crippen LogP contribution in [0.25, 0.3) is 22.2 Å². The quantitative estimate of drug-likeness (QED) is 0.755. The van der Waals surface area contributed by atoms with E-state index in [1.807, 2.05) is 0 Å². The van der Waals surface area contributed by atoms with Gasteiger partial charge >= 0.3 is 5.97 Å². The number of fused-ring (bicyclic) bond motifs is 1. The molecule has 110 valence electrons. The van der Waals surface area contributed by atoms with Crippen LogP contribution in [0.3, 0.4) is 0 Å². The van der Waals surface area contributed by atoms with Crippen LogP contribution < -0.4 is 0 Å². The molecule has 22 heavy (non-hydrogen) atoms. The van der Waals surface area contributed by atoms with Gasteiger partial charge < -0.3 is 5.11 Å². The summed E-state index contributed by atoms with van der Waals surface area (Å²) < 4.78 is 26.9. The number of rotatable bonds is 2. The lowest BCUT2D eigenvalue weighted by Gasteiger charge is -2.09. The average Bonchev–Trinajstić information content (AvgIpc) is 2.47. The molecular formula is C16H8ClF2NO2. The predicted molar refractivity (Wildman–Crippen MR) is 79.1 cm³/mol. The average molecular weight is 320 g/mol. The molecule has 0 saturated heterocycles. The van der Waals surface area contributed by atoms with Gasteiger partial charge in [0.05, 0.1) is 21.8 Å². The van der Waals surface area contributed by atoms with E-state index in [0.29, 0.717) is 11.5 Å². The predicted octanol–water partition coefficient (Wildman–Crippen LogP) is 4.53. The minimum atomic E-state index is -1.18. The van der Waals surface area contributed by atoms with Gasteiger partial charge in [-0.25, -0.2) is 18.6 Å². The monoisotopic (exact) mass is 319 g/mol. The number of aromatic nitrogens is 1. The molecule has 0 aliphatic rings. The molecule has 1 N–H and O–H groups in total. The summed E-state index contributed by atoms with van der Waals surface area (Å²) >= 11 is 6.05. The maximum absolute atomic E-state index is 13.9. The van der Waals surface area contributed by atoms with Crippen molar-refractivity contribution in [2.75, 3.05) is 0 Å². The molecule has 1 aromatic heterocycles. The molecule has 3 nitrogen and oxygen atoms in total. The fraction of sp³-hybridized carbons (Fsp3) is 0. The van der Waals surface area contributed by atoms with Crippen LogP contribution in [0.1, 0.15) is 10.4 Å². The zero-order chi connectivity index (χ0) is 15.9. The van der Waals surface area contributed by atoms with Crippen molar-refractivity contribution in [1.82, 2.24) is 4.98 Å². The van der Waals surface area contributed by atoms with Crippen molar-refractivity contribution in [2.24, 2.45) is 0 Å². The van der Waals surface area contributed by atoms with E-state index in [4.69, 9.17) is 11.6 Å². The minimum Gasteiger partial charge on any atom is -0.478 e. The molecule has 0 spiro atoms. The Hall–Kier alpha value is -2.53. The van der Waals surface area contributed by atoms with E-state index in [9.17, 15) is 18.7 Å². The first-order valence-electron chi connectivity index (χ1n) is 6.25. The number of benzene rings is 2. The van der Waals surface area contributed by atoms with Gasteiger partial charge in [-0.1, -0.05) is 23.7 Å². The molecule has 0 unspecified atom stereocenters. The molecule has 0 bridgehead atoms. The second-order valence-corrected chi connectivity index (χ2v) is 5.03. The van der Waals surface area contributed by atoms with E-state index < -0.39 is 17.6 Å². The Labute approximate surface area is 128 Å². The van der Waals surface area contributed by atoms with E-state index in [1.165, 1.54) is 12.1 Å². The third-order valence-corrected chi connectivity index (χ3v) is 3.53. The number of carboxylic acid groups (broad SMARTS) is 1. The van der Waals surface area contributed by atoms with Gasteiger partial charge in [-0.3, -0.25) is 0 Å². The summed E-state index contributed by atoms with van der Waals surface area (Å²) in [7, 11) is 0. The number of para-hydroxylation sites is 1. The van der Waals surface area contributed by atoms with Gasteiger partial charge in [-0.05, 0) is 24.3 Å². The molecule has 6 heteroatoms. The maximum atomic E-state index is 13.9. The Morgan fingerprint density at radius 1 is 1.14 bits per heavy atom. The third-order valence-electron chi connectivity index (χ3n) is 3.23. The third kappa shape index (κ3) is 2.40. The van der Waals surface area contributed by atoms with Gasteiger partial charge in [0, 0.05) is 17.0 Å². The van der Waals surface area contributed by atoms with Gasteiger partial charge in [0.15, 0.2) is 0 Å². The highest BCUT2D eigenvalue weighted by Crippen LogP contribution is 2.30. The molecule has 0 aliphatic carbocycles. The fourth-order valence-electron chi connectivity index (χ4n) is 2.23. The van der Waals surface area contributed by atoms with Gasteiger partial charge in [0.1, 0.15) is 11.6 Å². The molecule has 3 aromatic rings. The summed E-state index contributed by atoms with van der Waals surface area (Å²) in [5.74, 6) is -2.73. The topological polar surface area (TPSA) is 50.2 Å². The van der Waals surface area contributed by atoms with E-state index in [-0.39, 0.29) is 27.4 Å². The number of carbonyl (C=O) groups is 1. The van der Waals surface area contributed by atoms with Crippen molar-refractivity contribution in [3.8, 4) is 11.3 Å². The van der Waals surface area contributed by atoms with Crippen LogP contribution in [0, 0.1) is 11.6 Å². The maximum Gasteiger partial charge on any atom is 0.336 e. The number of hydrogen-bond donors (Lipinski definition) is 1. The molecule has 0 atom stereocenters. The lowest BCUT2D eigenvalue weighted by molar-refractivity contribution is 0.0699. The van der Waals surface area contributed by atoms with Crippen LogP contribution in [0.15, 0.2) is 42.5 Å². The fourth-order valence-corrected chi connectivity index (χ4v) is 2.44. The van der Waals surface area contributed by atoms with E-state index in [1.54, 1.807) is 18.2 Å². The molecule has 0 radical (unpaired) electrons. The Morgan fingerprint density at radius 2 is 1.91 bits per heavy atom. The zero-order valence-corrected chi connectivity index (χ0v) is 11.7. The molecule has 0 fully saturated rings. The molecule has 3 rings (SSSR count). The van der Waals surface area contributed by atoms with Crippen molar-refractivity contribution in [2.45, 2.75) is 0 Å². The van der Waals surface area contributed by atoms with Crippen LogP contribution in [0.5, 0.6) is 0 Å². The largest absolute Gasteiger partial charge is 0.478 e. The van der Waals surface area contributed by atoms with Crippen molar-refractivity contribution < 1.29 is 18.7 Å². The molecule has 0 saturated carbocycles. The molecule has 1 heterocycles. The summed E-state index contributed by atoms with van der Waals surface area (Å²) in [4.78, 5) is 15.6. The Kier molecular flexibility index (Phi) is 3.50. The lowest BCUT2D eigenvalue weighted by Crippen LogP contribution is -2.01. The Morgan fingerprint density at radius 3 is 2.59 bits per heavy atom. The number of hydrogen-bond acceptors (Lipinski definition) is 2. The van der Waals surface area contributed by atoms with Crippen LogP contribution in [-0.2, 0) is 0 Å². The van der Waals surface area contributed by atoms with Crippen molar-refractivity contribution in [3.63, 3.8) is 0 Å². The molecular weight excluding hydrogens is 312 g/mol. The highest BCUT2D eigenvalue weighted by molar-refractivity contribution is 6.35. The number of aromatic carboxylic acids is 1. The molecule has 0 aliphatic heterocycles. The lowest BCUT2D eigenvalue weighted by atomic mass is 10.0. The smallest absolute Gasteiger partial charge is 0.336 e. The first kappa shape index (κ1) is 14.4. The summed E-state index contributed by atoms with van der Waals surface area (Å²) in [5, 5.41) is 9.94. The van der Waals surface area contributed by atoms with Crippen molar-refractivity contribution in [3.05, 3.63) is 64.7 Å². The van der Waals surface area contributed by atoms with E-state index >= 15 is 0 Å². The summed E-state index contributed by atoms with van der Waals surface area (Å²) in [6.07, 6.45) is 0. The summed E-state index contributed by atoms with van der Waals surface area (Å²) in [6, 6.07) is 9.00. The zero-order valence-electron chi connectivity index (χ0n) is 11.0. The number of carboxylic acids is 1. The number of nitrogens with zero attached hydrogens (tertiary/aromatic N) is 1. The van der Waals surface area contributed by atoms with Crippen LogP contribution in [-0.4, -0.2) is 16.1 Å². The molecule has 0 amide bonds. The van der Waals surface area contributed by atoms with Crippen LogP contribution in [0.4, 0.5) is 8.78 Å². The van der Waals surface area contributed by atoms with Gasteiger partial charge in [0.25, 0.3) is 0 Å². The highest BCUT2D eigenvalue weighted by Gasteiger charge is 2.16. The normalized spacial score (nSPS) is 10.9. The van der Waals surface area contributed by atoms with E-state index in [2.05, 4.69) is 4.98 Å². The number of pyridine rings is 1. The van der Waals surface area contributed by atoms with Crippen molar-refractivity contribution >= 4 is 28.5 Å². The Balaban J connectivity index is 2.36. The Bertz CT molecular complexity index is 912. The van der Waals surface area contributed by atoms with Crippen LogP contribution >= 0.6 is 11.6 Å². The van der Waals surface area contributed by atoms with Gasteiger partial charge in [0.2, 0.25) is 0 Å². The SMILES string of the molecule is O=C(O)c1cc(-c2ccc(F)cc2F)nc2c(Cl)cccc12. The minimum absolute atomic E-state index is 0.00530. The highest BCUT2D eigenvalue weighted by atomic mass is 35.5. The number of halogens is 3.